The molecule has 5 nitrogen and oxygen atoms in total. The van der Waals surface area contributed by atoms with Crippen LogP contribution in [0.3, 0.4) is 0 Å². The van der Waals surface area contributed by atoms with Crippen molar-refractivity contribution in [3.05, 3.63) is 24.0 Å². The number of rotatable bonds is 4. The van der Waals surface area contributed by atoms with Gasteiger partial charge in [-0.05, 0) is 26.0 Å². The Labute approximate surface area is 101 Å². The lowest BCUT2D eigenvalue weighted by Gasteiger charge is -2.26. The van der Waals surface area contributed by atoms with E-state index in [1.165, 1.54) is 12.0 Å². The minimum absolute atomic E-state index is 0.265. The molecule has 0 saturated carbocycles. The van der Waals surface area contributed by atoms with Crippen molar-refractivity contribution in [3.63, 3.8) is 0 Å². The maximum Gasteiger partial charge on any atom is 0.320 e. The molecule has 1 N–H and O–H groups in total. The minimum Gasteiger partial charge on any atom is -0.468 e. The Morgan fingerprint density at radius 1 is 1.47 bits per heavy atom. The summed E-state index contributed by atoms with van der Waals surface area (Å²) in [6.45, 7) is 3.56. The van der Waals surface area contributed by atoms with E-state index in [9.17, 15) is 9.59 Å². The number of carbonyl (C=O) groups excluding carboxylic acids is 2. The summed E-state index contributed by atoms with van der Waals surface area (Å²) in [5.41, 5.74) is -0.239. The molecule has 0 fully saturated rings. The lowest BCUT2D eigenvalue weighted by molar-refractivity contribution is -0.160. The second kappa shape index (κ2) is 5.03. The zero-order chi connectivity index (χ0) is 13.1. The van der Waals surface area contributed by atoms with Gasteiger partial charge in [-0.15, -0.1) is 0 Å². The molecule has 17 heavy (non-hydrogen) atoms. The summed E-state index contributed by atoms with van der Waals surface area (Å²) in [6, 6.07) is 3.74. The zero-order valence-electron chi connectivity index (χ0n) is 10.6. The van der Waals surface area contributed by atoms with E-state index < -0.39 is 11.4 Å². The molecule has 1 aromatic rings. The van der Waals surface area contributed by atoms with Crippen molar-refractivity contribution in [2.75, 3.05) is 14.2 Å². The second-order valence-corrected chi connectivity index (χ2v) is 4.47. The van der Waals surface area contributed by atoms with Crippen LogP contribution in [0.1, 0.15) is 19.5 Å². The number of amides is 1. The molecule has 1 aromatic heterocycles. The van der Waals surface area contributed by atoms with Gasteiger partial charge in [0, 0.05) is 18.9 Å². The van der Waals surface area contributed by atoms with Gasteiger partial charge < -0.3 is 14.6 Å². The molecule has 0 aromatic carbocycles. The highest BCUT2D eigenvalue weighted by Gasteiger charge is 2.39. The number of nitrogens with zero attached hydrogens (tertiary/aromatic N) is 1. The Kier molecular flexibility index (Phi) is 3.93. The maximum atomic E-state index is 12.1. The largest absolute Gasteiger partial charge is 0.468 e. The Hall–Kier alpha value is -1.78. The van der Waals surface area contributed by atoms with Crippen LogP contribution in [0.4, 0.5) is 0 Å². The fourth-order valence-corrected chi connectivity index (χ4v) is 1.61. The van der Waals surface area contributed by atoms with Crippen LogP contribution in [-0.4, -0.2) is 35.9 Å². The van der Waals surface area contributed by atoms with Gasteiger partial charge >= 0.3 is 5.97 Å². The summed E-state index contributed by atoms with van der Waals surface area (Å²) in [7, 11) is 2.94. The molecule has 0 unspecified atom stereocenters. The fraction of sp³-hybridized carbons (Fsp3) is 0.500. The molecule has 1 rings (SSSR count). The number of H-pyrrole nitrogens is 1. The van der Waals surface area contributed by atoms with Crippen LogP contribution in [0.15, 0.2) is 18.3 Å². The summed E-state index contributed by atoms with van der Waals surface area (Å²) in [4.78, 5) is 28.1. The van der Waals surface area contributed by atoms with Crippen molar-refractivity contribution >= 4 is 11.9 Å². The van der Waals surface area contributed by atoms with Crippen molar-refractivity contribution in [2.24, 2.45) is 5.41 Å². The summed E-state index contributed by atoms with van der Waals surface area (Å²) in [5.74, 6) is -0.792. The van der Waals surface area contributed by atoms with E-state index in [4.69, 9.17) is 0 Å². The van der Waals surface area contributed by atoms with Crippen LogP contribution in [-0.2, 0) is 20.9 Å². The number of esters is 1. The maximum absolute atomic E-state index is 12.1. The molecule has 1 amide bonds. The normalized spacial score (nSPS) is 11.1. The first kappa shape index (κ1) is 13.3. The first-order valence-corrected chi connectivity index (χ1v) is 5.36. The van der Waals surface area contributed by atoms with E-state index in [-0.39, 0.29) is 5.91 Å². The molecule has 0 aliphatic rings. The molecule has 0 aliphatic carbocycles. The Balaban J connectivity index is 2.72. The third-order valence-corrected chi connectivity index (χ3v) is 2.65. The number of carbonyl (C=O) groups is 2. The van der Waals surface area contributed by atoms with Crippen LogP contribution in [0.2, 0.25) is 0 Å². The average molecular weight is 238 g/mol. The molecule has 1 heterocycles. The molecule has 0 bridgehead atoms. The number of ether oxygens (including phenoxy) is 1. The summed E-state index contributed by atoms with van der Waals surface area (Å²) < 4.78 is 4.63. The molecule has 94 valence electrons. The number of aromatic amines is 1. The highest BCUT2D eigenvalue weighted by atomic mass is 16.5. The van der Waals surface area contributed by atoms with E-state index >= 15 is 0 Å². The van der Waals surface area contributed by atoms with Crippen molar-refractivity contribution in [1.82, 2.24) is 9.88 Å². The van der Waals surface area contributed by atoms with Gasteiger partial charge in [-0.25, -0.2) is 0 Å². The molecular weight excluding hydrogens is 220 g/mol. The highest BCUT2D eigenvalue weighted by Crippen LogP contribution is 2.20. The predicted octanol–water partition coefficient (Wildman–Crippen LogP) is 1.17. The van der Waals surface area contributed by atoms with E-state index in [2.05, 4.69) is 9.72 Å². The van der Waals surface area contributed by atoms with E-state index in [0.29, 0.717) is 6.54 Å². The SMILES string of the molecule is COC(=O)C(C)(C)C(=O)N(C)Cc1ccc[nH]1. The summed E-state index contributed by atoms with van der Waals surface area (Å²) in [5, 5.41) is 0. The first-order chi connectivity index (χ1) is 7.89. The summed E-state index contributed by atoms with van der Waals surface area (Å²) >= 11 is 0. The average Bonchev–Trinajstić information content (AvgIpc) is 2.79. The Morgan fingerprint density at radius 2 is 2.12 bits per heavy atom. The first-order valence-electron chi connectivity index (χ1n) is 5.36. The standard InChI is InChI=1S/C12H18N2O3/c1-12(2,11(16)17-4)10(15)14(3)8-9-6-5-7-13-9/h5-7,13H,8H2,1-4H3. The van der Waals surface area contributed by atoms with Crippen LogP contribution in [0.25, 0.3) is 0 Å². The van der Waals surface area contributed by atoms with Gasteiger partial charge in [-0.1, -0.05) is 0 Å². The Bertz CT molecular complexity index is 396. The number of nitrogens with one attached hydrogen (secondary N) is 1. The molecule has 0 spiro atoms. The van der Waals surface area contributed by atoms with Gasteiger partial charge in [0.1, 0.15) is 5.41 Å². The lowest BCUT2D eigenvalue weighted by atomic mass is 9.92. The number of methoxy groups -OCH3 is 1. The highest BCUT2D eigenvalue weighted by molar-refractivity contribution is 6.01. The smallest absolute Gasteiger partial charge is 0.320 e. The van der Waals surface area contributed by atoms with Crippen LogP contribution < -0.4 is 0 Å². The molecule has 0 aliphatic heterocycles. The number of hydrogen-bond acceptors (Lipinski definition) is 3. The zero-order valence-corrected chi connectivity index (χ0v) is 10.6. The number of aromatic nitrogens is 1. The molecular formula is C12H18N2O3. The molecule has 0 atom stereocenters. The topological polar surface area (TPSA) is 62.4 Å². The van der Waals surface area contributed by atoms with Crippen molar-refractivity contribution < 1.29 is 14.3 Å². The molecule has 5 heteroatoms. The van der Waals surface area contributed by atoms with Crippen LogP contribution >= 0.6 is 0 Å². The third kappa shape index (κ3) is 2.87. The van der Waals surface area contributed by atoms with Crippen molar-refractivity contribution in [3.8, 4) is 0 Å². The van der Waals surface area contributed by atoms with Gasteiger partial charge in [0.2, 0.25) is 5.91 Å². The van der Waals surface area contributed by atoms with E-state index in [0.717, 1.165) is 5.69 Å². The number of hydrogen-bond donors (Lipinski definition) is 1. The second-order valence-electron chi connectivity index (χ2n) is 4.47. The Morgan fingerprint density at radius 3 is 2.59 bits per heavy atom. The van der Waals surface area contributed by atoms with Gasteiger partial charge in [-0.3, -0.25) is 9.59 Å². The van der Waals surface area contributed by atoms with Gasteiger partial charge in [-0.2, -0.15) is 0 Å². The van der Waals surface area contributed by atoms with E-state index in [1.807, 2.05) is 12.1 Å². The van der Waals surface area contributed by atoms with Crippen LogP contribution in [0, 0.1) is 5.41 Å². The monoisotopic (exact) mass is 238 g/mol. The van der Waals surface area contributed by atoms with Crippen molar-refractivity contribution in [1.29, 1.82) is 0 Å². The molecule has 0 saturated heterocycles. The van der Waals surface area contributed by atoms with Crippen molar-refractivity contribution in [2.45, 2.75) is 20.4 Å². The van der Waals surface area contributed by atoms with Gasteiger partial charge in [0.15, 0.2) is 0 Å². The summed E-state index contributed by atoms with van der Waals surface area (Å²) in [6.07, 6.45) is 1.79. The molecule has 0 radical (unpaired) electrons. The van der Waals surface area contributed by atoms with Crippen LogP contribution in [0.5, 0.6) is 0 Å². The quantitative estimate of drug-likeness (QED) is 0.632. The fourth-order valence-electron chi connectivity index (χ4n) is 1.61. The van der Waals surface area contributed by atoms with E-state index in [1.54, 1.807) is 27.1 Å². The van der Waals surface area contributed by atoms with Gasteiger partial charge in [0.05, 0.1) is 13.7 Å². The minimum atomic E-state index is -1.16. The predicted molar refractivity (Wildman–Crippen MR) is 63.1 cm³/mol. The lowest BCUT2D eigenvalue weighted by Crippen LogP contribution is -2.43. The van der Waals surface area contributed by atoms with Gasteiger partial charge in [0.25, 0.3) is 0 Å². The third-order valence-electron chi connectivity index (χ3n) is 2.65.